The molecule has 0 saturated carbocycles. The number of carbonyl (C=O) groups is 1. The number of hydrogen-bond donors (Lipinski definition) is 1. The number of unbranched alkanes of at least 4 members (excludes halogenated alkanes) is 2. The van der Waals surface area contributed by atoms with Crippen molar-refractivity contribution in [2.45, 2.75) is 63.9 Å². The van der Waals surface area contributed by atoms with Crippen LogP contribution in [0.5, 0.6) is 0 Å². The zero-order chi connectivity index (χ0) is 18.2. The van der Waals surface area contributed by atoms with E-state index in [0.29, 0.717) is 0 Å². The van der Waals surface area contributed by atoms with Crippen LogP contribution in [0.1, 0.15) is 45.6 Å². The summed E-state index contributed by atoms with van der Waals surface area (Å²) in [4.78, 5) is 12.3. The van der Waals surface area contributed by atoms with Gasteiger partial charge in [0, 0.05) is 18.7 Å². The lowest BCUT2D eigenvalue weighted by atomic mass is 10.1. The maximum atomic E-state index is 12.3. The van der Waals surface area contributed by atoms with E-state index in [2.05, 4.69) is 53.0 Å². The summed E-state index contributed by atoms with van der Waals surface area (Å²) < 4.78 is 2.08. The summed E-state index contributed by atoms with van der Waals surface area (Å²) in [6.45, 7) is 9.73. The Hall–Kier alpha value is -1.82. The van der Waals surface area contributed by atoms with E-state index in [4.69, 9.17) is 0 Å². The molecule has 0 aliphatic heterocycles. The first-order valence-corrected chi connectivity index (χ1v) is 9.90. The van der Waals surface area contributed by atoms with E-state index in [-0.39, 0.29) is 11.2 Å². The van der Waals surface area contributed by atoms with Crippen LogP contribution in [-0.2, 0) is 11.3 Å². The van der Waals surface area contributed by atoms with Gasteiger partial charge < -0.3 is 9.88 Å². The Bertz CT molecular complexity index is 698. The molecule has 0 aliphatic rings. The zero-order valence-corrected chi connectivity index (χ0v) is 16.4. The van der Waals surface area contributed by atoms with Gasteiger partial charge in [-0.05, 0) is 32.8 Å². The van der Waals surface area contributed by atoms with Crippen molar-refractivity contribution in [3.8, 4) is 11.4 Å². The minimum atomic E-state index is -0.194. The highest BCUT2D eigenvalue weighted by Crippen LogP contribution is 2.28. The molecule has 136 valence electrons. The van der Waals surface area contributed by atoms with Gasteiger partial charge in [-0.1, -0.05) is 55.8 Å². The Morgan fingerprint density at radius 2 is 2.00 bits per heavy atom. The lowest BCUT2D eigenvalue weighted by Crippen LogP contribution is -2.31. The third-order valence-corrected chi connectivity index (χ3v) is 5.23. The first-order valence-electron chi connectivity index (χ1n) is 9.02. The van der Waals surface area contributed by atoms with Crippen molar-refractivity contribution in [1.82, 2.24) is 20.1 Å². The summed E-state index contributed by atoms with van der Waals surface area (Å²) in [5.41, 5.74) is 2.25. The maximum absolute atomic E-state index is 12.3. The average Bonchev–Trinajstić information content (AvgIpc) is 3.01. The number of nitrogens with one attached hydrogen (secondary N) is 1. The van der Waals surface area contributed by atoms with E-state index >= 15 is 0 Å². The fourth-order valence-electron chi connectivity index (χ4n) is 2.63. The molecule has 25 heavy (non-hydrogen) atoms. The van der Waals surface area contributed by atoms with Gasteiger partial charge in [0.15, 0.2) is 11.0 Å². The molecule has 1 aromatic carbocycles. The number of aryl methyl sites for hydroxylation is 1. The molecular formula is C19H28N4OS. The lowest BCUT2D eigenvalue weighted by molar-refractivity contribution is -0.120. The maximum Gasteiger partial charge on any atom is 0.233 e. The summed E-state index contributed by atoms with van der Waals surface area (Å²) in [7, 11) is 0. The normalized spacial score (nSPS) is 12.2. The van der Waals surface area contributed by atoms with Crippen LogP contribution in [0.3, 0.4) is 0 Å². The van der Waals surface area contributed by atoms with Crippen molar-refractivity contribution in [3.05, 3.63) is 29.8 Å². The number of carbonyl (C=O) groups excluding carboxylic acids is 1. The highest BCUT2D eigenvalue weighted by molar-refractivity contribution is 8.00. The van der Waals surface area contributed by atoms with Crippen LogP contribution >= 0.6 is 11.8 Å². The molecule has 1 N–H and O–H groups in total. The molecule has 1 heterocycles. The number of hydrogen-bond acceptors (Lipinski definition) is 4. The van der Waals surface area contributed by atoms with Crippen LogP contribution in [0.25, 0.3) is 11.4 Å². The molecule has 0 fully saturated rings. The van der Waals surface area contributed by atoms with Gasteiger partial charge in [0.1, 0.15) is 0 Å². The van der Waals surface area contributed by atoms with Crippen molar-refractivity contribution in [3.63, 3.8) is 0 Å². The zero-order valence-electron chi connectivity index (χ0n) is 15.6. The summed E-state index contributed by atoms with van der Waals surface area (Å²) >= 11 is 1.47. The molecule has 5 nitrogen and oxygen atoms in total. The number of nitrogens with zero attached hydrogens (tertiary/aromatic N) is 3. The summed E-state index contributed by atoms with van der Waals surface area (Å²) in [6.07, 6.45) is 3.33. The van der Waals surface area contributed by atoms with Crippen LogP contribution in [0.4, 0.5) is 0 Å². The van der Waals surface area contributed by atoms with Crippen molar-refractivity contribution in [2.75, 3.05) is 6.54 Å². The van der Waals surface area contributed by atoms with Crippen molar-refractivity contribution in [2.24, 2.45) is 0 Å². The molecule has 1 atom stereocenters. The van der Waals surface area contributed by atoms with Crippen LogP contribution in [0.2, 0.25) is 0 Å². The highest BCUT2D eigenvalue weighted by Gasteiger charge is 2.20. The molecule has 0 bridgehead atoms. The standard InChI is InChI=1S/C19H28N4OS/c1-5-7-10-13-20-18(24)15(4)25-19-22-21-17(23(19)6-2)16-12-9-8-11-14(16)3/h8-9,11-12,15H,5-7,10,13H2,1-4H3,(H,20,24). The average molecular weight is 361 g/mol. The Morgan fingerprint density at radius 1 is 1.24 bits per heavy atom. The SMILES string of the molecule is CCCCCNC(=O)C(C)Sc1nnc(-c2ccccc2C)n1CC. The minimum Gasteiger partial charge on any atom is -0.355 e. The van der Waals surface area contributed by atoms with E-state index in [9.17, 15) is 4.79 Å². The van der Waals surface area contributed by atoms with Gasteiger partial charge in [0.2, 0.25) is 5.91 Å². The van der Waals surface area contributed by atoms with Gasteiger partial charge in [0.25, 0.3) is 0 Å². The molecular weight excluding hydrogens is 332 g/mol. The highest BCUT2D eigenvalue weighted by atomic mass is 32.2. The van der Waals surface area contributed by atoms with Crippen LogP contribution in [0.15, 0.2) is 29.4 Å². The van der Waals surface area contributed by atoms with Gasteiger partial charge >= 0.3 is 0 Å². The first kappa shape index (κ1) is 19.5. The third kappa shape index (κ3) is 5.08. The molecule has 0 radical (unpaired) electrons. The molecule has 2 aromatic rings. The Balaban J connectivity index is 2.08. The molecule has 1 aromatic heterocycles. The summed E-state index contributed by atoms with van der Waals surface area (Å²) in [5.74, 6) is 0.919. The quantitative estimate of drug-likeness (QED) is 0.541. The van der Waals surface area contributed by atoms with Gasteiger partial charge in [0.05, 0.1) is 5.25 Å². The number of amides is 1. The predicted molar refractivity (Wildman–Crippen MR) is 104 cm³/mol. The van der Waals surface area contributed by atoms with Gasteiger partial charge in [-0.25, -0.2) is 0 Å². The van der Waals surface area contributed by atoms with Crippen LogP contribution in [-0.4, -0.2) is 32.5 Å². The first-order chi connectivity index (χ1) is 12.1. The number of benzene rings is 1. The van der Waals surface area contributed by atoms with Gasteiger partial charge in [-0.2, -0.15) is 0 Å². The Kier molecular flexibility index (Phi) is 7.50. The van der Waals surface area contributed by atoms with Crippen molar-refractivity contribution in [1.29, 1.82) is 0 Å². The topological polar surface area (TPSA) is 59.8 Å². The second-order valence-corrected chi connectivity index (χ2v) is 7.43. The number of thioether (sulfide) groups is 1. The molecule has 1 amide bonds. The Labute approximate surface area is 154 Å². The minimum absolute atomic E-state index is 0.0594. The van der Waals surface area contributed by atoms with Gasteiger partial charge in [-0.3, -0.25) is 4.79 Å². The smallest absolute Gasteiger partial charge is 0.233 e. The van der Waals surface area contributed by atoms with Gasteiger partial charge in [-0.15, -0.1) is 10.2 Å². The number of aromatic nitrogens is 3. The van der Waals surface area contributed by atoms with Crippen molar-refractivity contribution >= 4 is 17.7 Å². The van der Waals surface area contributed by atoms with E-state index in [0.717, 1.165) is 48.9 Å². The van der Waals surface area contributed by atoms with Crippen molar-refractivity contribution < 1.29 is 4.79 Å². The largest absolute Gasteiger partial charge is 0.355 e. The van der Waals surface area contributed by atoms with E-state index < -0.39 is 0 Å². The predicted octanol–water partition coefficient (Wildman–Crippen LogP) is 4.06. The molecule has 0 saturated heterocycles. The van der Waals surface area contributed by atoms with E-state index in [1.54, 1.807) is 0 Å². The lowest BCUT2D eigenvalue weighted by Gasteiger charge is -2.13. The second kappa shape index (κ2) is 9.61. The fourth-order valence-corrected chi connectivity index (χ4v) is 3.56. The number of rotatable bonds is 9. The Morgan fingerprint density at radius 3 is 2.68 bits per heavy atom. The molecule has 2 rings (SSSR count). The summed E-state index contributed by atoms with van der Waals surface area (Å²) in [6, 6.07) is 8.16. The molecule has 1 unspecified atom stereocenters. The monoisotopic (exact) mass is 360 g/mol. The van der Waals surface area contributed by atoms with Crippen LogP contribution in [0, 0.1) is 6.92 Å². The van der Waals surface area contributed by atoms with E-state index in [1.807, 2.05) is 19.1 Å². The fraction of sp³-hybridized carbons (Fsp3) is 0.526. The molecule has 0 aliphatic carbocycles. The molecule has 0 spiro atoms. The summed E-state index contributed by atoms with van der Waals surface area (Å²) in [5, 5.41) is 12.3. The third-order valence-electron chi connectivity index (χ3n) is 4.15. The second-order valence-electron chi connectivity index (χ2n) is 6.12. The van der Waals surface area contributed by atoms with Crippen LogP contribution < -0.4 is 5.32 Å². The van der Waals surface area contributed by atoms with E-state index in [1.165, 1.54) is 17.3 Å². The molecule has 6 heteroatoms.